The Morgan fingerprint density at radius 1 is 1.09 bits per heavy atom. The van der Waals surface area contributed by atoms with Crippen LogP contribution in [-0.4, -0.2) is 42.0 Å². The number of H-pyrrole nitrogens is 1. The van der Waals surface area contributed by atoms with Crippen LogP contribution in [0, 0.1) is 12.8 Å². The summed E-state index contributed by atoms with van der Waals surface area (Å²) in [5.41, 5.74) is 1.08. The van der Waals surface area contributed by atoms with Gasteiger partial charge >= 0.3 is 6.18 Å². The number of rotatable bonds is 4. The SMILES string of the molecule is Cc1[nH]c2cccc[n+]2c1C(=O)N1CCC(C(C)(C)S(=O)(=O)c2cccc(C(F)(F)F)c2)CC1. The summed E-state index contributed by atoms with van der Waals surface area (Å²) in [6.07, 6.45) is -1.95. The van der Waals surface area contributed by atoms with Crippen molar-refractivity contribution in [1.82, 2.24) is 9.88 Å². The van der Waals surface area contributed by atoms with Gasteiger partial charge in [0.15, 0.2) is 15.5 Å². The molecule has 3 heterocycles. The van der Waals surface area contributed by atoms with Gasteiger partial charge in [-0.3, -0.25) is 4.79 Å². The molecule has 3 aromatic rings. The molecule has 0 atom stereocenters. The van der Waals surface area contributed by atoms with E-state index in [1.807, 2.05) is 31.3 Å². The number of amides is 1. The fourth-order valence-electron chi connectivity index (χ4n) is 4.73. The van der Waals surface area contributed by atoms with Crippen molar-refractivity contribution >= 4 is 21.4 Å². The normalized spacial score (nSPS) is 16.2. The summed E-state index contributed by atoms with van der Waals surface area (Å²) < 4.78 is 66.6. The standard InChI is InChI=1S/C24H26F3N3O3S/c1-16-21(30-12-5-4-9-20(30)28-16)22(31)29-13-10-17(11-14-29)23(2,3)34(32,33)19-8-6-7-18(15-19)24(25,26)27/h4-9,12,15,17H,10-11,13-14H2,1-3H3/p+1. The lowest BCUT2D eigenvalue weighted by Crippen LogP contribution is -2.48. The van der Waals surface area contributed by atoms with Crippen LogP contribution in [0.1, 0.15) is 48.4 Å². The number of sulfone groups is 1. The zero-order valence-corrected chi connectivity index (χ0v) is 20.0. The van der Waals surface area contributed by atoms with Gasteiger partial charge in [-0.1, -0.05) is 12.1 Å². The van der Waals surface area contributed by atoms with E-state index in [-0.39, 0.29) is 16.7 Å². The molecule has 1 fully saturated rings. The lowest BCUT2D eigenvalue weighted by molar-refractivity contribution is -0.513. The second-order valence-electron chi connectivity index (χ2n) is 9.25. The van der Waals surface area contributed by atoms with Gasteiger partial charge in [0, 0.05) is 26.1 Å². The molecule has 0 saturated carbocycles. The zero-order valence-electron chi connectivity index (χ0n) is 19.2. The number of carbonyl (C=O) groups excluding carboxylic acids is 1. The number of aromatic nitrogens is 2. The lowest BCUT2D eigenvalue weighted by Gasteiger charge is -2.40. The van der Waals surface area contributed by atoms with Gasteiger partial charge in [0.25, 0.3) is 11.6 Å². The van der Waals surface area contributed by atoms with Gasteiger partial charge < -0.3 is 4.90 Å². The fourth-order valence-corrected chi connectivity index (χ4v) is 6.55. The number of piperidine rings is 1. The molecule has 182 valence electrons. The van der Waals surface area contributed by atoms with Crippen LogP contribution in [0.15, 0.2) is 53.6 Å². The first-order chi connectivity index (χ1) is 15.8. The molecule has 6 nitrogen and oxygen atoms in total. The number of imidazole rings is 1. The highest BCUT2D eigenvalue weighted by molar-refractivity contribution is 7.92. The third-order valence-electron chi connectivity index (χ3n) is 6.90. The summed E-state index contributed by atoms with van der Waals surface area (Å²) in [4.78, 5) is 17.8. The first-order valence-corrected chi connectivity index (χ1v) is 12.5. The minimum absolute atomic E-state index is 0.142. The molecule has 0 bridgehead atoms. The highest BCUT2D eigenvalue weighted by Gasteiger charge is 2.45. The van der Waals surface area contributed by atoms with Crippen LogP contribution in [0.2, 0.25) is 0 Å². The van der Waals surface area contributed by atoms with Gasteiger partial charge in [-0.25, -0.2) is 13.4 Å². The fraction of sp³-hybridized carbons (Fsp3) is 0.417. The van der Waals surface area contributed by atoms with Crippen molar-refractivity contribution in [2.24, 2.45) is 5.92 Å². The van der Waals surface area contributed by atoms with Crippen molar-refractivity contribution < 1.29 is 30.8 Å². The number of fused-ring (bicyclic) bond motifs is 1. The van der Waals surface area contributed by atoms with Crippen molar-refractivity contribution in [1.29, 1.82) is 0 Å². The van der Waals surface area contributed by atoms with Gasteiger partial charge in [0.2, 0.25) is 5.69 Å². The van der Waals surface area contributed by atoms with Crippen molar-refractivity contribution in [3.8, 4) is 0 Å². The van der Waals surface area contributed by atoms with E-state index in [2.05, 4.69) is 4.98 Å². The molecule has 1 saturated heterocycles. The zero-order chi connectivity index (χ0) is 24.9. The quantitative estimate of drug-likeness (QED) is 0.553. The molecule has 0 spiro atoms. The topological polar surface area (TPSA) is 74.3 Å². The van der Waals surface area contributed by atoms with Crippen LogP contribution >= 0.6 is 0 Å². The van der Waals surface area contributed by atoms with Crippen LogP contribution in [0.5, 0.6) is 0 Å². The number of alkyl halides is 3. The molecule has 4 rings (SSSR count). The Labute approximate surface area is 196 Å². The second kappa shape index (κ2) is 8.41. The highest BCUT2D eigenvalue weighted by atomic mass is 32.2. The number of likely N-dealkylation sites (tertiary alicyclic amines) is 1. The van der Waals surface area contributed by atoms with Crippen molar-refractivity contribution in [3.63, 3.8) is 0 Å². The minimum atomic E-state index is -4.63. The van der Waals surface area contributed by atoms with Gasteiger partial charge in [-0.15, -0.1) is 0 Å². The summed E-state index contributed by atoms with van der Waals surface area (Å²) in [6.45, 7) is 5.68. The largest absolute Gasteiger partial charge is 0.416 e. The molecule has 1 aliphatic rings. The van der Waals surface area contributed by atoms with E-state index in [0.717, 1.165) is 23.5 Å². The number of halogens is 3. The monoisotopic (exact) mass is 494 g/mol. The maximum absolute atomic E-state index is 13.4. The molecule has 34 heavy (non-hydrogen) atoms. The molecule has 10 heteroatoms. The number of nitrogens with one attached hydrogen (secondary N) is 1. The van der Waals surface area contributed by atoms with Crippen LogP contribution in [0.4, 0.5) is 13.2 Å². The van der Waals surface area contributed by atoms with Crippen molar-refractivity contribution in [2.45, 2.75) is 49.4 Å². The van der Waals surface area contributed by atoms with E-state index < -0.39 is 26.3 Å². The van der Waals surface area contributed by atoms with Crippen molar-refractivity contribution in [2.75, 3.05) is 13.1 Å². The molecule has 0 aliphatic carbocycles. The van der Waals surface area contributed by atoms with E-state index in [1.54, 1.807) is 23.1 Å². The Balaban J connectivity index is 1.53. The van der Waals surface area contributed by atoms with E-state index >= 15 is 0 Å². The van der Waals surface area contributed by atoms with Gasteiger partial charge in [0.1, 0.15) is 0 Å². The van der Waals surface area contributed by atoms with Gasteiger partial charge in [0.05, 0.1) is 21.4 Å². The third kappa shape index (κ3) is 4.08. The number of pyridine rings is 1. The molecule has 0 unspecified atom stereocenters. The molecule has 1 aliphatic heterocycles. The third-order valence-corrected chi connectivity index (χ3v) is 9.50. The van der Waals surface area contributed by atoms with Crippen molar-refractivity contribution in [3.05, 3.63) is 65.6 Å². The average Bonchev–Trinajstić information content (AvgIpc) is 3.13. The molecule has 1 N–H and O–H groups in total. The summed E-state index contributed by atoms with van der Waals surface area (Å²) >= 11 is 0. The smallest absolute Gasteiger partial charge is 0.335 e. The molecule has 2 aromatic heterocycles. The number of aromatic amines is 1. The number of nitrogens with zero attached hydrogens (tertiary/aromatic N) is 2. The summed E-state index contributed by atoms with van der Waals surface area (Å²) in [5, 5.41) is 0. The number of hydrogen-bond acceptors (Lipinski definition) is 3. The van der Waals surface area contributed by atoms with Gasteiger partial charge in [-0.2, -0.15) is 17.6 Å². The van der Waals surface area contributed by atoms with Crippen LogP contribution in [0.3, 0.4) is 0 Å². The second-order valence-corrected chi connectivity index (χ2v) is 11.8. The Morgan fingerprint density at radius 2 is 1.76 bits per heavy atom. The van der Waals surface area contributed by atoms with E-state index in [4.69, 9.17) is 0 Å². The number of carbonyl (C=O) groups is 1. The summed E-state index contributed by atoms with van der Waals surface area (Å²) in [7, 11) is -4.05. The molecule has 0 radical (unpaired) electrons. The average molecular weight is 495 g/mol. The first-order valence-electron chi connectivity index (χ1n) is 11.0. The predicted octanol–water partition coefficient (Wildman–Crippen LogP) is 4.19. The van der Waals surface area contributed by atoms with E-state index in [1.165, 1.54) is 6.07 Å². The van der Waals surface area contributed by atoms with E-state index in [0.29, 0.717) is 37.7 Å². The lowest BCUT2D eigenvalue weighted by atomic mass is 9.85. The van der Waals surface area contributed by atoms with Crippen LogP contribution < -0.4 is 4.40 Å². The maximum Gasteiger partial charge on any atom is 0.416 e. The van der Waals surface area contributed by atoms with Gasteiger partial charge in [-0.05, 0) is 56.9 Å². The molecular weight excluding hydrogens is 467 g/mol. The highest BCUT2D eigenvalue weighted by Crippen LogP contribution is 2.39. The Bertz CT molecular complexity index is 1340. The first kappa shape index (κ1) is 24.3. The number of aryl methyl sites for hydroxylation is 1. The summed E-state index contributed by atoms with van der Waals surface area (Å²) in [5.74, 6) is -0.454. The Morgan fingerprint density at radius 3 is 2.41 bits per heavy atom. The van der Waals surface area contributed by atoms with Crippen LogP contribution in [-0.2, 0) is 16.0 Å². The number of hydrogen-bond donors (Lipinski definition) is 1. The molecule has 1 amide bonds. The minimum Gasteiger partial charge on any atom is -0.335 e. The molecular formula is C24H27F3N3O3S+. The Hall–Kier alpha value is -2.88. The number of benzene rings is 1. The Kier molecular flexibility index (Phi) is 6.00. The molecule has 1 aromatic carbocycles. The maximum atomic E-state index is 13.4. The predicted molar refractivity (Wildman–Crippen MR) is 120 cm³/mol. The van der Waals surface area contributed by atoms with Crippen LogP contribution in [0.25, 0.3) is 5.65 Å². The van der Waals surface area contributed by atoms with E-state index in [9.17, 15) is 26.4 Å². The summed E-state index contributed by atoms with van der Waals surface area (Å²) in [6, 6.07) is 9.48.